The molecule has 4 rings (SSSR count). The van der Waals surface area contributed by atoms with Crippen LogP contribution in [0.4, 0.5) is 16.2 Å². The van der Waals surface area contributed by atoms with Gasteiger partial charge in [-0.25, -0.2) is 9.78 Å². The zero-order chi connectivity index (χ0) is 29.7. The van der Waals surface area contributed by atoms with Gasteiger partial charge in [0.15, 0.2) is 11.5 Å². The van der Waals surface area contributed by atoms with Crippen molar-refractivity contribution < 1.29 is 19.1 Å². The number of pyridine rings is 1. The van der Waals surface area contributed by atoms with Crippen LogP contribution in [-0.2, 0) is 17.8 Å². The van der Waals surface area contributed by atoms with Crippen molar-refractivity contribution in [1.29, 1.82) is 0 Å². The molecule has 0 spiro atoms. The fourth-order valence-electron chi connectivity index (χ4n) is 4.16. The van der Waals surface area contributed by atoms with E-state index in [4.69, 9.17) is 44.5 Å². The molecule has 0 saturated carbocycles. The highest BCUT2D eigenvalue weighted by Crippen LogP contribution is 2.40. The predicted molar refractivity (Wildman–Crippen MR) is 171 cm³/mol. The van der Waals surface area contributed by atoms with Crippen LogP contribution in [0.5, 0.6) is 5.75 Å². The average molecular weight is 650 g/mol. The molecule has 1 aromatic heterocycles. The Hall–Kier alpha value is -3.56. The highest BCUT2D eigenvalue weighted by Gasteiger charge is 2.22. The van der Waals surface area contributed by atoms with Gasteiger partial charge in [0.1, 0.15) is 6.61 Å². The van der Waals surface area contributed by atoms with Gasteiger partial charge in [-0.15, -0.1) is 12.4 Å². The number of halogens is 4. The fraction of sp³-hybridized carbons (Fsp3) is 0.200. The molecule has 3 amide bonds. The molecule has 42 heavy (non-hydrogen) atoms. The standard InChI is InChI=1S/C30H27Cl3N4O4.ClH/c1-4-23-29(41-16-20-21(31)10-6-11-22(20)32)28(33)27-24(36-23)12-7-13-25(27)37(3)26(39)15-34-30(40)35-19-9-5-8-18(14-19)17(2)38;/h5-14H,4,15-16H2,1-3H3,(H2,34,35,40);1H. The van der Waals surface area contributed by atoms with Crippen LogP contribution < -0.4 is 20.3 Å². The summed E-state index contributed by atoms with van der Waals surface area (Å²) in [6.07, 6.45) is 0.550. The monoisotopic (exact) mass is 648 g/mol. The van der Waals surface area contributed by atoms with Crippen molar-refractivity contribution in [2.75, 3.05) is 23.8 Å². The number of ether oxygens (including phenoxy) is 1. The lowest BCUT2D eigenvalue weighted by atomic mass is 10.1. The number of benzene rings is 3. The first kappa shape index (κ1) is 32.9. The number of anilines is 2. The molecule has 8 nitrogen and oxygen atoms in total. The van der Waals surface area contributed by atoms with Crippen LogP contribution in [0.1, 0.15) is 35.5 Å². The van der Waals surface area contributed by atoms with Gasteiger partial charge in [0.2, 0.25) is 5.91 Å². The SMILES string of the molecule is CCc1nc2cccc(N(C)C(=O)CNC(=O)Nc3cccc(C(C)=O)c3)c2c(Cl)c1OCc1c(Cl)cccc1Cl.Cl. The molecule has 220 valence electrons. The van der Waals surface area contributed by atoms with Crippen molar-refractivity contribution in [1.82, 2.24) is 10.3 Å². The molecule has 1 heterocycles. The summed E-state index contributed by atoms with van der Waals surface area (Å²) in [6, 6.07) is 16.4. The number of nitrogens with zero attached hydrogens (tertiary/aromatic N) is 2. The number of aromatic nitrogens is 1. The Morgan fingerprint density at radius 3 is 2.31 bits per heavy atom. The summed E-state index contributed by atoms with van der Waals surface area (Å²) < 4.78 is 6.12. The minimum Gasteiger partial charge on any atom is -0.485 e. The normalized spacial score (nSPS) is 10.5. The first-order valence-corrected chi connectivity index (χ1v) is 13.8. The number of carbonyl (C=O) groups is 3. The zero-order valence-electron chi connectivity index (χ0n) is 23.0. The van der Waals surface area contributed by atoms with Gasteiger partial charge in [0, 0.05) is 39.3 Å². The van der Waals surface area contributed by atoms with Gasteiger partial charge >= 0.3 is 6.03 Å². The van der Waals surface area contributed by atoms with Crippen molar-refractivity contribution in [2.24, 2.45) is 0 Å². The van der Waals surface area contributed by atoms with Crippen LogP contribution in [0.2, 0.25) is 15.1 Å². The minimum absolute atomic E-state index is 0. The lowest BCUT2D eigenvalue weighted by molar-refractivity contribution is -0.117. The molecule has 0 bridgehead atoms. The van der Waals surface area contributed by atoms with E-state index in [0.29, 0.717) is 66.3 Å². The molecular weight excluding hydrogens is 622 g/mol. The number of rotatable bonds is 9. The topological polar surface area (TPSA) is 101 Å². The Bertz CT molecular complexity index is 1630. The zero-order valence-corrected chi connectivity index (χ0v) is 26.0. The minimum atomic E-state index is -0.591. The second-order valence-electron chi connectivity index (χ2n) is 9.11. The molecule has 0 aliphatic carbocycles. The molecule has 0 aliphatic heterocycles. The smallest absolute Gasteiger partial charge is 0.319 e. The number of likely N-dealkylation sites (N-methyl/N-ethyl adjacent to an activating group) is 1. The van der Waals surface area contributed by atoms with Crippen LogP contribution >= 0.6 is 47.2 Å². The Balaban J connectivity index is 0.00000484. The van der Waals surface area contributed by atoms with Crippen molar-refractivity contribution >= 4 is 87.2 Å². The van der Waals surface area contributed by atoms with Gasteiger partial charge in [-0.05, 0) is 49.7 Å². The Morgan fingerprint density at radius 1 is 0.976 bits per heavy atom. The van der Waals surface area contributed by atoms with E-state index in [1.807, 2.05) is 6.92 Å². The average Bonchev–Trinajstić information content (AvgIpc) is 2.95. The molecule has 0 fully saturated rings. The molecule has 0 aliphatic rings. The van der Waals surface area contributed by atoms with Gasteiger partial charge in [0.05, 0.1) is 28.5 Å². The number of carbonyl (C=O) groups excluding carboxylic acids is 3. The van der Waals surface area contributed by atoms with Gasteiger partial charge in [-0.1, -0.05) is 66.0 Å². The van der Waals surface area contributed by atoms with E-state index in [9.17, 15) is 14.4 Å². The van der Waals surface area contributed by atoms with E-state index in [2.05, 4.69) is 10.6 Å². The maximum atomic E-state index is 13.1. The molecule has 0 saturated heterocycles. The van der Waals surface area contributed by atoms with Crippen molar-refractivity contribution in [3.05, 3.63) is 92.6 Å². The predicted octanol–water partition coefficient (Wildman–Crippen LogP) is 7.75. The summed E-state index contributed by atoms with van der Waals surface area (Å²) in [5, 5.41) is 6.92. The maximum absolute atomic E-state index is 13.1. The van der Waals surface area contributed by atoms with Gasteiger partial charge in [-0.3, -0.25) is 9.59 Å². The molecule has 12 heteroatoms. The highest BCUT2D eigenvalue weighted by molar-refractivity contribution is 6.38. The van der Waals surface area contributed by atoms with E-state index in [-0.39, 0.29) is 31.3 Å². The molecule has 3 aromatic carbocycles. The van der Waals surface area contributed by atoms with E-state index >= 15 is 0 Å². The fourth-order valence-corrected chi connectivity index (χ4v) is 5.03. The lowest BCUT2D eigenvalue weighted by Gasteiger charge is -2.22. The van der Waals surface area contributed by atoms with Crippen molar-refractivity contribution in [2.45, 2.75) is 26.9 Å². The van der Waals surface area contributed by atoms with E-state index in [1.165, 1.54) is 11.8 Å². The quantitative estimate of drug-likeness (QED) is 0.181. The number of aryl methyl sites for hydroxylation is 1. The number of hydrogen-bond acceptors (Lipinski definition) is 5. The number of hydrogen-bond donors (Lipinski definition) is 2. The summed E-state index contributed by atoms with van der Waals surface area (Å²) in [6.45, 7) is 3.16. The second-order valence-corrected chi connectivity index (χ2v) is 10.3. The Morgan fingerprint density at radius 2 is 1.64 bits per heavy atom. The summed E-state index contributed by atoms with van der Waals surface area (Å²) in [4.78, 5) is 43.3. The highest BCUT2D eigenvalue weighted by atomic mass is 35.5. The largest absolute Gasteiger partial charge is 0.485 e. The number of fused-ring (bicyclic) bond motifs is 1. The van der Waals surface area contributed by atoms with E-state index < -0.39 is 11.9 Å². The number of amides is 3. The summed E-state index contributed by atoms with van der Waals surface area (Å²) in [5.41, 5.74) is 3.23. The summed E-state index contributed by atoms with van der Waals surface area (Å²) in [7, 11) is 1.58. The van der Waals surface area contributed by atoms with Crippen molar-refractivity contribution in [3.8, 4) is 5.75 Å². The number of Topliss-reactive ketones (excluding diaryl/α,β-unsaturated/α-hetero) is 1. The lowest BCUT2D eigenvalue weighted by Crippen LogP contribution is -2.40. The molecule has 4 aromatic rings. The summed E-state index contributed by atoms with van der Waals surface area (Å²) in [5.74, 6) is -0.149. The molecular formula is C30H28Cl4N4O4. The Labute approximate surface area is 264 Å². The molecule has 2 N–H and O–H groups in total. The summed E-state index contributed by atoms with van der Waals surface area (Å²) >= 11 is 19.5. The molecule has 0 radical (unpaired) electrons. The van der Waals surface area contributed by atoms with E-state index in [1.54, 1.807) is 67.7 Å². The first-order chi connectivity index (χ1) is 19.6. The third-order valence-electron chi connectivity index (χ3n) is 6.38. The van der Waals surface area contributed by atoms with Crippen molar-refractivity contribution in [3.63, 3.8) is 0 Å². The van der Waals surface area contributed by atoms with Crippen LogP contribution in [-0.4, -0.2) is 36.3 Å². The third kappa shape index (κ3) is 7.44. The third-order valence-corrected chi connectivity index (χ3v) is 7.45. The van der Waals surface area contributed by atoms with Crippen LogP contribution in [0.15, 0.2) is 60.7 Å². The number of nitrogens with one attached hydrogen (secondary N) is 2. The van der Waals surface area contributed by atoms with Gasteiger partial charge < -0.3 is 20.3 Å². The first-order valence-electron chi connectivity index (χ1n) is 12.7. The number of urea groups is 1. The molecule has 0 unspecified atom stereocenters. The Kier molecular flexibility index (Phi) is 11.4. The second kappa shape index (κ2) is 14.6. The number of ketones is 1. The van der Waals surface area contributed by atoms with Crippen LogP contribution in [0.25, 0.3) is 10.9 Å². The maximum Gasteiger partial charge on any atom is 0.319 e. The van der Waals surface area contributed by atoms with E-state index in [0.717, 1.165) is 0 Å². The van der Waals surface area contributed by atoms with Gasteiger partial charge in [0.25, 0.3) is 0 Å². The van der Waals surface area contributed by atoms with Crippen LogP contribution in [0.3, 0.4) is 0 Å². The van der Waals surface area contributed by atoms with Crippen LogP contribution in [0, 0.1) is 0 Å². The molecule has 0 atom stereocenters. The van der Waals surface area contributed by atoms with Gasteiger partial charge in [-0.2, -0.15) is 0 Å².